The normalized spacial score (nSPS) is 12.3. The van der Waals surface area contributed by atoms with Crippen LogP contribution < -0.4 is 5.32 Å². The lowest BCUT2D eigenvalue weighted by Crippen LogP contribution is -2.35. The van der Waals surface area contributed by atoms with E-state index in [4.69, 9.17) is 8.83 Å². The lowest BCUT2D eigenvalue weighted by atomic mass is 10.1. The molecule has 4 heteroatoms. The molecule has 0 amide bonds. The number of aryl methyl sites for hydroxylation is 1. The average molecular weight is 290 g/mol. The molecule has 1 N–H and O–H groups in total. The van der Waals surface area contributed by atoms with E-state index in [9.17, 15) is 0 Å². The molecule has 2 heterocycles. The highest BCUT2D eigenvalue weighted by atomic mass is 16.3. The van der Waals surface area contributed by atoms with Crippen molar-refractivity contribution < 1.29 is 8.83 Å². The zero-order chi connectivity index (χ0) is 15.5. The highest BCUT2D eigenvalue weighted by Crippen LogP contribution is 2.18. The molecule has 0 unspecified atom stereocenters. The van der Waals surface area contributed by atoms with Gasteiger partial charge < -0.3 is 14.2 Å². The third-order valence-electron chi connectivity index (χ3n) is 3.34. The molecule has 0 saturated carbocycles. The first-order chi connectivity index (χ1) is 9.83. The number of nitrogens with zero attached hydrogens (tertiary/aromatic N) is 1. The van der Waals surface area contributed by atoms with Crippen molar-refractivity contribution in [2.45, 2.75) is 52.9 Å². The SMILES string of the molecule is Cc1oc(CN(C)Cc2ccoc2)cc1CNC(C)(C)C. The fourth-order valence-electron chi connectivity index (χ4n) is 2.22. The van der Waals surface area contributed by atoms with E-state index in [-0.39, 0.29) is 5.54 Å². The van der Waals surface area contributed by atoms with E-state index in [0.29, 0.717) is 0 Å². The Balaban J connectivity index is 1.92. The van der Waals surface area contributed by atoms with E-state index < -0.39 is 0 Å². The summed E-state index contributed by atoms with van der Waals surface area (Å²) in [6.45, 7) is 11.0. The summed E-state index contributed by atoms with van der Waals surface area (Å²) in [6.07, 6.45) is 3.49. The van der Waals surface area contributed by atoms with E-state index >= 15 is 0 Å². The van der Waals surface area contributed by atoms with Gasteiger partial charge in [0.1, 0.15) is 11.5 Å². The van der Waals surface area contributed by atoms with Gasteiger partial charge in [-0.05, 0) is 46.9 Å². The van der Waals surface area contributed by atoms with Gasteiger partial charge in [-0.1, -0.05) is 0 Å². The third kappa shape index (κ3) is 5.06. The first-order valence-corrected chi connectivity index (χ1v) is 7.36. The number of hydrogen-bond acceptors (Lipinski definition) is 4. The van der Waals surface area contributed by atoms with Gasteiger partial charge in [0.25, 0.3) is 0 Å². The Labute approximate surface area is 127 Å². The van der Waals surface area contributed by atoms with Crippen LogP contribution in [0.1, 0.15) is 43.4 Å². The molecule has 0 saturated heterocycles. The van der Waals surface area contributed by atoms with Gasteiger partial charge in [0.05, 0.1) is 19.1 Å². The number of hydrogen-bond donors (Lipinski definition) is 1. The standard InChI is InChI=1S/C17H26N2O2/c1-13-15(9-18-17(2,3)4)8-16(21-13)11-19(5)10-14-6-7-20-12-14/h6-8,12,18H,9-11H2,1-5H3. The Morgan fingerprint density at radius 2 is 2.00 bits per heavy atom. The van der Waals surface area contributed by atoms with E-state index in [0.717, 1.165) is 31.2 Å². The molecule has 0 spiro atoms. The summed E-state index contributed by atoms with van der Waals surface area (Å²) in [5.74, 6) is 2.00. The van der Waals surface area contributed by atoms with Crippen LogP contribution in [0.15, 0.2) is 33.5 Å². The summed E-state index contributed by atoms with van der Waals surface area (Å²) < 4.78 is 11.0. The van der Waals surface area contributed by atoms with Crippen molar-refractivity contribution in [3.8, 4) is 0 Å². The molecule has 4 nitrogen and oxygen atoms in total. The molecular formula is C17H26N2O2. The van der Waals surface area contributed by atoms with Gasteiger partial charge in [0.15, 0.2) is 0 Å². The van der Waals surface area contributed by atoms with Crippen molar-refractivity contribution in [3.63, 3.8) is 0 Å². The molecule has 0 atom stereocenters. The molecule has 2 aromatic heterocycles. The van der Waals surface area contributed by atoms with Crippen LogP contribution in [0.3, 0.4) is 0 Å². The van der Waals surface area contributed by atoms with Crippen molar-refractivity contribution in [1.29, 1.82) is 0 Å². The molecule has 116 valence electrons. The maximum Gasteiger partial charge on any atom is 0.118 e. The van der Waals surface area contributed by atoms with Crippen LogP contribution in [0, 0.1) is 6.92 Å². The minimum absolute atomic E-state index is 0.113. The van der Waals surface area contributed by atoms with Crippen molar-refractivity contribution >= 4 is 0 Å². The van der Waals surface area contributed by atoms with Crippen molar-refractivity contribution in [2.75, 3.05) is 7.05 Å². The largest absolute Gasteiger partial charge is 0.472 e. The van der Waals surface area contributed by atoms with Gasteiger partial charge in [0, 0.05) is 29.8 Å². The minimum Gasteiger partial charge on any atom is -0.472 e. The predicted octanol–water partition coefficient (Wildman–Crippen LogP) is 3.70. The molecule has 0 aliphatic rings. The molecular weight excluding hydrogens is 264 g/mol. The van der Waals surface area contributed by atoms with Crippen molar-refractivity contribution in [2.24, 2.45) is 0 Å². The Hall–Kier alpha value is -1.52. The average Bonchev–Trinajstić information content (AvgIpc) is 2.96. The smallest absolute Gasteiger partial charge is 0.118 e. The zero-order valence-electron chi connectivity index (χ0n) is 13.7. The summed E-state index contributed by atoms with van der Waals surface area (Å²) in [4.78, 5) is 2.21. The maximum atomic E-state index is 5.86. The molecule has 0 aliphatic carbocycles. The van der Waals surface area contributed by atoms with Crippen LogP contribution in [0.25, 0.3) is 0 Å². The summed E-state index contributed by atoms with van der Waals surface area (Å²) in [7, 11) is 2.08. The van der Waals surface area contributed by atoms with E-state index in [1.807, 2.05) is 13.0 Å². The van der Waals surface area contributed by atoms with Gasteiger partial charge in [-0.3, -0.25) is 4.90 Å². The van der Waals surface area contributed by atoms with E-state index in [2.05, 4.69) is 44.1 Å². The first kappa shape index (κ1) is 15.9. The van der Waals surface area contributed by atoms with Gasteiger partial charge in [0.2, 0.25) is 0 Å². The van der Waals surface area contributed by atoms with Crippen LogP contribution in [-0.4, -0.2) is 17.5 Å². The number of rotatable bonds is 6. The quantitative estimate of drug-likeness (QED) is 0.880. The third-order valence-corrected chi connectivity index (χ3v) is 3.34. The fourth-order valence-corrected chi connectivity index (χ4v) is 2.22. The Kier molecular flexibility index (Phi) is 4.91. The second kappa shape index (κ2) is 6.50. The molecule has 0 fully saturated rings. The monoisotopic (exact) mass is 290 g/mol. The second-order valence-electron chi connectivity index (χ2n) is 6.70. The molecule has 0 aromatic carbocycles. The molecule has 21 heavy (non-hydrogen) atoms. The van der Waals surface area contributed by atoms with Crippen molar-refractivity contribution in [3.05, 3.63) is 47.3 Å². The summed E-state index contributed by atoms with van der Waals surface area (Å²) in [6, 6.07) is 4.14. The zero-order valence-corrected chi connectivity index (χ0v) is 13.7. The molecule has 0 bridgehead atoms. The molecule has 2 rings (SSSR count). The lowest BCUT2D eigenvalue weighted by molar-refractivity contribution is 0.284. The highest BCUT2D eigenvalue weighted by molar-refractivity contribution is 5.21. The number of nitrogens with one attached hydrogen (secondary N) is 1. The molecule has 2 aromatic rings. The van der Waals surface area contributed by atoms with Gasteiger partial charge in [-0.2, -0.15) is 0 Å². The molecule has 0 radical (unpaired) electrons. The lowest BCUT2D eigenvalue weighted by Gasteiger charge is -2.20. The Bertz CT molecular complexity index is 550. The van der Waals surface area contributed by atoms with Crippen LogP contribution in [-0.2, 0) is 19.6 Å². The van der Waals surface area contributed by atoms with Gasteiger partial charge >= 0.3 is 0 Å². The highest BCUT2D eigenvalue weighted by Gasteiger charge is 2.13. The summed E-state index contributed by atoms with van der Waals surface area (Å²) >= 11 is 0. The van der Waals surface area contributed by atoms with E-state index in [1.54, 1.807) is 12.5 Å². The summed E-state index contributed by atoms with van der Waals surface area (Å²) in [5, 5.41) is 3.50. The first-order valence-electron chi connectivity index (χ1n) is 7.36. The Morgan fingerprint density at radius 3 is 2.62 bits per heavy atom. The van der Waals surface area contributed by atoms with Crippen LogP contribution in [0.4, 0.5) is 0 Å². The second-order valence-corrected chi connectivity index (χ2v) is 6.70. The van der Waals surface area contributed by atoms with Gasteiger partial charge in [-0.15, -0.1) is 0 Å². The van der Waals surface area contributed by atoms with Crippen LogP contribution >= 0.6 is 0 Å². The predicted molar refractivity (Wildman–Crippen MR) is 83.9 cm³/mol. The fraction of sp³-hybridized carbons (Fsp3) is 0.529. The van der Waals surface area contributed by atoms with E-state index in [1.165, 1.54) is 11.1 Å². The van der Waals surface area contributed by atoms with Crippen LogP contribution in [0.2, 0.25) is 0 Å². The van der Waals surface area contributed by atoms with Crippen LogP contribution in [0.5, 0.6) is 0 Å². The summed E-state index contributed by atoms with van der Waals surface area (Å²) in [5.41, 5.74) is 2.52. The van der Waals surface area contributed by atoms with Crippen molar-refractivity contribution in [1.82, 2.24) is 10.2 Å². The Morgan fingerprint density at radius 1 is 1.24 bits per heavy atom. The number of furan rings is 2. The topological polar surface area (TPSA) is 41.6 Å². The minimum atomic E-state index is 0.113. The maximum absolute atomic E-state index is 5.86. The molecule has 0 aliphatic heterocycles. The van der Waals surface area contributed by atoms with Gasteiger partial charge in [-0.25, -0.2) is 0 Å².